The van der Waals surface area contributed by atoms with Gasteiger partial charge in [-0.3, -0.25) is 9.59 Å². The minimum Gasteiger partial charge on any atom is -0.351 e. The van der Waals surface area contributed by atoms with Crippen LogP contribution in [0.5, 0.6) is 0 Å². The highest BCUT2D eigenvalue weighted by Gasteiger charge is 2.46. The van der Waals surface area contributed by atoms with E-state index in [1.165, 1.54) is 11.1 Å². The standard InChI is InChI=1S/C26H30N2O2/c29-25(21-15-19(21)17-9-3-1-4-10-17)27-23-13-7-8-14-24(23)28-26(30)22-16-20(22)18-11-5-2-6-12-18/h1-6,9-12,19-24H,7-8,13-16H2,(H,27,29)(H,28,30)/t19-,20-,21-,22-,23-,24+/m1/s1. The van der Waals surface area contributed by atoms with Crippen LogP contribution in [0.3, 0.4) is 0 Å². The van der Waals surface area contributed by atoms with Gasteiger partial charge in [0.15, 0.2) is 0 Å². The fourth-order valence-corrected chi connectivity index (χ4v) is 5.16. The van der Waals surface area contributed by atoms with Gasteiger partial charge < -0.3 is 10.6 Å². The summed E-state index contributed by atoms with van der Waals surface area (Å²) in [5.41, 5.74) is 2.51. The number of benzene rings is 2. The summed E-state index contributed by atoms with van der Waals surface area (Å²) in [7, 11) is 0. The number of hydrogen-bond donors (Lipinski definition) is 2. The first kappa shape index (κ1) is 19.3. The smallest absolute Gasteiger partial charge is 0.224 e. The minimum atomic E-state index is 0.0566. The summed E-state index contributed by atoms with van der Waals surface area (Å²) in [4.78, 5) is 25.7. The van der Waals surface area contributed by atoms with Gasteiger partial charge in [-0.05, 0) is 48.6 Å². The van der Waals surface area contributed by atoms with E-state index in [2.05, 4.69) is 34.9 Å². The highest BCUT2D eigenvalue weighted by Crippen LogP contribution is 2.48. The fraction of sp³-hybridized carbons (Fsp3) is 0.462. The third-order valence-corrected chi connectivity index (χ3v) is 7.13. The molecule has 0 saturated heterocycles. The van der Waals surface area contributed by atoms with Crippen LogP contribution >= 0.6 is 0 Å². The van der Waals surface area contributed by atoms with Crippen LogP contribution in [0.1, 0.15) is 61.5 Å². The monoisotopic (exact) mass is 402 g/mol. The minimum absolute atomic E-state index is 0.0566. The van der Waals surface area contributed by atoms with Gasteiger partial charge in [-0.2, -0.15) is 0 Å². The molecule has 2 aromatic carbocycles. The van der Waals surface area contributed by atoms with Crippen LogP contribution in [0.15, 0.2) is 60.7 Å². The van der Waals surface area contributed by atoms with Crippen molar-refractivity contribution in [3.63, 3.8) is 0 Å². The van der Waals surface area contributed by atoms with Crippen molar-refractivity contribution in [2.24, 2.45) is 11.8 Å². The molecule has 0 bridgehead atoms. The maximum atomic E-state index is 12.8. The van der Waals surface area contributed by atoms with E-state index in [-0.39, 0.29) is 35.7 Å². The average Bonchev–Trinajstić information content (AvgIpc) is 3.70. The molecule has 0 spiro atoms. The second-order valence-corrected chi connectivity index (χ2v) is 9.23. The van der Waals surface area contributed by atoms with E-state index in [1.54, 1.807) is 0 Å². The summed E-state index contributed by atoms with van der Waals surface area (Å²) >= 11 is 0. The first-order valence-corrected chi connectivity index (χ1v) is 11.4. The van der Waals surface area contributed by atoms with Crippen molar-refractivity contribution in [3.8, 4) is 0 Å². The van der Waals surface area contributed by atoms with Crippen molar-refractivity contribution in [2.75, 3.05) is 0 Å². The van der Waals surface area contributed by atoms with Crippen LogP contribution in [-0.2, 0) is 9.59 Å². The summed E-state index contributed by atoms with van der Waals surface area (Å²) < 4.78 is 0. The Morgan fingerprint density at radius 1 is 0.633 bits per heavy atom. The molecule has 2 N–H and O–H groups in total. The van der Waals surface area contributed by atoms with E-state index in [9.17, 15) is 9.59 Å². The van der Waals surface area contributed by atoms with Gasteiger partial charge >= 0.3 is 0 Å². The van der Waals surface area contributed by atoms with Gasteiger partial charge in [0.05, 0.1) is 0 Å². The molecule has 4 nitrogen and oxygen atoms in total. The molecule has 156 valence electrons. The second kappa shape index (κ2) is 8.25. The Labute approximate surface area is 178 Å². The Hall–Kier alpha value is -2.62. The SMILES string of the molecule is O=C(N[C@H]1CCCC[C@H]1NC(=O)[C@@H]1C[C@@H]1c1ccccc1)[C@@H]1C[C@@H]1c1ccccc1. The molecule has 30 heavy (non-hydrogen) atoms. The lowest BCUT2D eigenvalue weighted by Gasteiger charge is -2.33. The van der Waals surface area contributed by atoms with Crippen molar-refractivity contribution < 1.29 is 9.59 Å². The topological polar surface area (TPSA) is 58.2 Å². The third-order valence-electron chi connectivity index (χ3n) is 7.13. The molecule has 2 aromatic rings. The maximum Gasteiger partial charge on any atom is 0.224 e. The molecule has 3 aliphatic carbocycles. The summed E-state index contributed by atoms with van der Waals surface area (Å²) in [5, 5.41) is 6.57. The first-order valence-electron chi connectivity index (χ1n) is 11.4. The van der Waals surface area contributed by atoms with Crippen LogP contribution in [-0.4, -0.2) is 23.9 Å². The van der Waals surface area contributed by atoms with Gasteiger partial charge in [-0.25, -0.2) is 0 Å². The van der Waals surface area contributed by atoms with Crippen molar-refractivity contribution in [1.29, 1.82) is 0 Å². The van der Waals surface area contributed by atoms with Crippen molar-refractivity contribution in [2.45, 2.75) is 62.4 Å². The quantitative estimate of drug-likeness (QED) is 0.763. The molecule has 0 unspecified atom stereocenters. The van der Waals surface area contributed by atoms with Crippen molar-refractivity contribution in [3.05, 3.63) is 71.8 Å². The molecule has 3 fully saturated rings. The highest BCUT2D eigenvalue weighted by atomic mass is 16.2. The molecule has 3 saturated carbocycles. The zero-order valence-electron chi connectivity index (χ0n) is 17.3. The predicted octanol–water partition coefficient (Wildman–Crippen LogP) is 4.14. The lowest BCUT2D eigenvalue weighted by atomic mass is 9.89. The molecular weight excluding hydrogens is 372 g/mol. The van der Waals surface area contributed by atoms with Crippen molar-refractivity contribution >= 4 is 11.8 Å². The van der Waals surface area contributed by atoms with E-state index in [0.717, 1.165) is 38.5 Å². The molecule has 0 aliphatic heterocycles. The third kappa shape index (κ3) is 4.14. The van der Waals surface area contributed by atoms with Crippen LogP contribution in [0.4, 0.5) is 0 Å². The molecule has 0 heterocycles. The molecule has 5 rings (SSSR count). The zero-order chi connectivity index (χ0) is 20.5. The second-order valence-electron chi connectivity index (χ2n) is 9.23. The average molecular weight is 403 g/mol. The summed E-state index contributed by atoms with van der Waals surface area (Å²) in [6.45, 7) is 0. The van der Waals surface area contributed by atoms with Gasteiger partial charge in [-0.1, -0.05) is 73.5 Å². The summed E-state index contributed by atoms with van der Waals surface area (Å²) in [6.07, 6.45) is 5.99. The lowest BCUT2D eigenvalue weighted by Crippen LogP contribution is -2.53. The van der Waals surface area contributed by atoms with Gasteiger partial charge in [-0.15, -0.1) is 0 Å². The number of nitrogens with one attached hydrogen (secondary N) is 2. The Morgan fingerprint density at radius 3 is 1.43 bits per heavy atom. The maximum absolute atomic E-state index is 12.8. The van der Waals surface area contributed by atoms with E-state index < -0.39 is 0 Å². The van der Waals surface area contributed by atoms with Crippen LogP contribution in [0.25, 0.3) is 0 Å². The Morgan fingerprint density at radius 2 is 1.03 bits per heavy atom. The summed E-state index contributed by atoms with van der Waals surface area (Å²) in [6, 6.07) is 20.7. The zero-order valence-corrected chi connectivity index (χ0v) is 17.3. The van der Waals surface area contributed by atoms with Crippen molar-refractivity contribution in [1.82, 2.24) is 10.6 Å². The number of carbonyl (C=O) groups is 2. The largest absolute Gasteiger partial charge is 0.351 e. The van der Waals surface area contributed by atoms with E-state index in [4.69, 9.17) is 0 Å². The van der Waals surface area contributed by atoms with Gasteiger partial charge in [0, 0.05) is 23.9 Å². The van der Waals surface area contributed by atoms with Gasteiger partial charge in [0.1, 0.15) is 0 Å². The van der Waals surface area contributed by atoms with E-state index in [0.29, 0.717) is 11.8 Å². The summed E-state index contributed by atoms with van der Waals surface area (Å²) in [5.74, 6) is 1.17. The van der Waals surface area contributed by atoms with Gasteiger partial charge in [0.2, 0.25) is 11.8 Å². The first-order chi connectivity index (χ1) is 14.7. The lowest BCUT2D eigenvalue weighted by molar-refractivity contribution is -0.126. The van der Waals surface area contributed by atoms with E-state index in [1.807, 2.05) is 36.4 Å². The van der Waals surface area contributed by atoms with Crippen LogP contribution in [0, 0.1) is 11.8 Å². The number of carbonyl (C=O) groups excluding carboxylic acids is 2. The Bertz CT molecular complexity index is 822. The molecular formula is C26H30N2O2. The van der Waals surface area contributed by atoms with Gasteiger partial charge in [0.25, 0.3) is 0 Å². The molecule has 6 atom stereocenters. The molecule has 0 aromatic heterocycles. The number of amides is 2. The fourth-order valence-electron chi connectivity index (χ4n) is 5.16. The molecule has 3 aliphatic rings. The number of hydrogen-bond acceptors (Lipinski definition) is 2. The van der Waals surface area contributed by atoms with Crippen LogP contribution in [0.2, 0.25) is 0 Å². The van der Waals surface area contributed by atoms with Crippen LogP contribution < -0.4 is 10.6 Å². The molecule has 0 radical (unpaired) electrons. The normalized spacial score (nSPS) is 32.1. The Kier molecular flexibility index (Phi) is 5.32. The molecule has 2 amide bonds. The highest BCUT2D eigenvalue weighted by molar-refractivity contribution is 5.84. The predicted molar refractivity (Wildman–Crippen MR) is 117 cm³/mol. The molecule has 4 heteroatoms. The van der Waals surface area contributed by atoms with E-state index >= 15 is 0 Å². The Balaban J connectivity index is 1.16. The number of rotatable bonds is 6.